The van der Waals surface area contributed by atoms with Crippen LogP contribution in [0.1, 0.15) is 51.9 Å². The number of ketones is 1. The standard InChI is InChI=1S/C19H26NO/c1-3-14-4-6-15(7-5-14)12-19-18-13-17(21)9-8-16(18)10-11-20(19)2/h4,6,13,16H,3,5,7-12H2,1-2H3/q+1. The summed E-state index contributed by atoms with van der Waals surface area (Å²) in [6.07, 6.45) is 14.2. The highest BCUT2D eigenvalue weighted by Gasteiger charge is 2.33. The van der Waals surface area contributed by atoms with Crippen LogP contribution in [0.15, 0.2) is 34.9 Å². The molecular weight excluding hydrogens is 258 g/mol. The van der Waals surface area contributed by atoms with Crippen molar-refractivity contribution >= 4 is 11.5 Å². The highest BCUT2D eigenvalue weighted by Crippen LogP contribution is 2.33. The van der Waals surface area contributed by atoms with E-state index in [0.717, 1.165) is 25.8 Å². The van der Waals surface area contributed by atoms with E-state index >= 15 is 0 Å². The van der Waals surface area contributed by atoms with E-state index in [1.165, 1.54) is 42.5 Å². The highest BCUT2D eigenvalue weighted by atomic mass is 16.1. The van der Waals surface area contributed by atoms with Gasteiger partial charge in [0, 0.05) is 18.4 Å². The number of hydrogen-bond donors (Lipinski definition) is 0. The van der Waals surface area contributed by atoms with Crippen molar-refractivity contribution in [3.63, 3.8) is 0 Å². The molecule has 0 N–H and O–H groups in total. The molecule has 112 valence electrons. The van der Waals surface area contributed by atoms with E-state index in [0.29, 0.717) is 11.7 Å². The van der Waals surface area contributed by atoms with Crippen LogP contribution in [-0.4, -0.2) is 29.7 Å². The summed E-state index contributed by atoms with van der Waals surface area (Å²) >= 11 is 0. The molecule has 0 aromatic rings. The van der Waals surface area contributed by atoms with E-state index in [1.807, 2.05) is 6.08 Å². The van der Waals surface area contributed by atoms with Crippen LogP contribution in [0.2, 0.25) is 0 Å². The largest absolute Gasteiger partial charge is 0.295 e. The van der Waals surface area contributed by atoms with Gasteiger partial charge in [0.05, 0.1) is 6.42 Å². The Bertz CT molecular complexity index is 574. The van der Waals surface area contributed by atoms with Crippen molar-refractivity contribution < 1.29 is 9.37 Å². The average Bonchev–Trinajstić information content (AvgIpc) is 2.51. The van der Waals surface area contributed by atoms with E-state index in [1.54, 1.807) is 5.57 Å². The van der Waals surface area contributed by atoms with Gasteiger partial charge in [-0.1, -0.05) is 30.2 Å². The lowest BCUT2D eigenvalue weighted by Crippen LogP contribution is -2.34. The second kappa shape index (κ2) is 6.13. The van der Waals surface area contributed by atoms with Gasteiger partial charge in [-0.15, -0.1) is 0 Å². The number of allylic oxidation sites excluding steroid dienone is 6. The first-order valence-electron chi connectivity index (χ1n) is 8.36. The Labute approximate surface area is 127 Å². The van der Waals surface area contributed by atoms with Gasteiger partial charge in [-0.3, -0.25) is 4.79 Å². The highest BCUT2D eigenvalue weighted by molar-refractivity contribution is 6.05. The molecule has 1 unspecified atom stereocenters. The summed E-state index contributed by atoms with van der Waals surface area (Å²) in [5, 5.41) is 0. The van der Waals surface area contributed by atoms with Crippen molar-refractivity contribution in [2.45, 2.75) is 51.9 Å². The molecule has 2 heteroatoms. The smallest absolute Gasteiger partial charge is 0.183 e. The van der Waals surface area contributed by atoms with E-state index in [-0.39, 0.29) is 0 Å². The Kier molecular flexibility index (Phi) is 4.23. The molecule has 0 saturated heterocycles. The Hall–Kier alpha value is -1.44. The Morgan fingerprint density at radius 3 is 2.62 bits per heavy atom. The fourth-order valence-electron chi connectivity index (χ4n) is 3.78. The molecule has 0 aromatic carbocycles. The van der Waals surface area contributed by atoms with Gasteiger partial charge in [-0.05, 0) is 37.7 Å². The SMILES string of the molecule is CCC1=CC=C(CC2=[N+](C)CCC3CCC(=O)C=C23)CC1. The van der Waals surface area contributed by atoms with E-state index < -0.39 is 0 Å². The van der Waals surface area contributed by atoms with Gasteiger partial charge in [0.15, 0.2) is 11.5 Å². The Morgan fingerprint density at radius 2 is 1.90 bits per heavy atom. The molecule has 0 bridgehead atoms. The van der Waals surface area contributed by atoms with Gasteiger partial charge in [0.2, 0.25) is 0 Å². The maximum Gasteiger partial charge on any atom is 0.183 e. The molecule has 1 heterocycles. The van der Waals surface area contributed by atoms with Gasteiger partial charge in [0.1, 0.15) is 13.6 Å². The predicted molar refractivity (Wildman–Crippen MR) is 86.8 cm³/mol. The molecule has 0 amide bonds. The minimum Gasteiger partial charge on any atom is -0.295 e. The van der Waals surface area contributed by atoms with Crippen molar-refractivity contribution in [3.05, 3.63) is 34.9 Å². The molecule has 2 nitrogen and oxygen atoms in total. The van der Waals surface area contributed by atoms with Crippen LogP contribution >= 0.6 is 0 Å². The fraction of sp³-hybridized carbons (Fsp3) is 0.579. The van der Waals surface area contributed by atoms with Crippen LogP contribution in [0.5, 0.6) is 0 Å². The molecule has 2 aliphatic carbocycles. The number of carbonyl (C=O) groups excluding carboxylic acids is 1. The van der Waals surface area contributed by atoms with E-state index in [9.17, 15) is 4.79 Å². The van der Waals surface area contributed by atoms with E-state index in [2.05, 4.69) is 30.7 Å². The number of fused-ring (bicyclic) bond motifs is 1. The van der Waals surface area contributed by atoms with Gasteiger partial charge >= 0.3 is 0 Å². The molecule has 3 rings (SSSR count). The lowest BCUT2D eigenvalue weighted by Gasteiger charge is -2.28. The normalized spacial score (nSPS) is 26.1. The van der Waals surface area contributed by atoms with Crippen LogP contribution in [0.4, 0.5) is 0 Å². The lowest BCUT2D eigenvalue weighted by molar-refractivity contribution is -0.503. The van der Waals surface area contributed by atoms with Gasteiger partial charge in [0.25, 0.3) is 0 Å². The second-order valence-electron chi connectivity index (χ2n) is 6.64. The molecule has 3 aliphatic rings. The summed E-state index contributed by atoms with van der Waals surface area (Å²) in [4.78, 5) is 11.8. The topological polar surface area (TPSA) is 20.1 Å². The maximum absolute atomic E-state index is 11.8. The van der Waals surface area contributed by atoms with Crippen molar-refractivity contribution in [1.82, 2.24) is 0 Å². The summed E-state index contributed by atoms with van der Waals surface area (Å²) in [5.74, 6) is 0.944. The quantitative estimate of drug-likeness (QED) is 0.721. The van der Waals surface area contributed by atoms with Gasteiger partial charge in [-0.2, -0.15) is 0 Å². The third-order valence-corrected chi connectivity index (χ3v) is 5.27. The number of hydrogen-bond acceptors (Lipinski definition) is 1. The summed E-state index contributed by atoms with van der Waals surface area (Å²) in [5.41, 5.74) is 5.82. The monoisotopic (exact) mass is 284 g/mol. The minimum atomic E-state index is 0.319. The molecule has 0 fully saturated rings. The molecule has 0 aromatic heterocycles. The van der Waals surface area contributed by atoms with Crippen molar-refractivity contribution in [1.29, 1.82) is 0 Å². The maximum atomic E-state index is 11.8. The van der Waals surface area contributed by atoms with Gasteiger partial charge < -0.3 is 0 Å². The first kappa shape index (κ1) is 14.5. The summed E-state index contributed by atoms with van der Waals surface area (Å²) in [7, 11) is 2.18. The minimum absolute atomic E-state index is 0.319. The van der Waals surface area contributed by atoms with E-state index in [4.69, 9.17) is 0 Å². The Balaban J connectivity index is 1.84. The van der Waals surface area contributed by atoms with Crippen LogP contribution in [-0.2, 0) is 4.79 Å². The van der Waals surface area contributed by atoms with Crippen molar-refractivity contribution in [2.75, 3.05) is 13.6 Å². The summed E-state index contributed by atoms with van der Waals surface area (Å²) < 4.78 is 2.38. The van der Waals surface area contributed by atoms with Crippen molar-refractivity contribution in [2.24, 2.45) is 5.92 Å². The first-order chi connectivity index (χ1) is 10.2. The zero-order chi connectivity index (χ0) is 14.8. The first-order valence-corrected chi connectivity index (χ1v) is 8.36. The third kappa shape index (κ3) is 3.09. The zero-order valence-corrected chi connectivity index (χ0v) is 13.3. The molecular formula is C19H26NO+. The molecule has 21 heavy (non-hydrogen) atoms. The predicted octanol–water partition coefficient (Wildman–Crippen LogP) is 3.83. The molecule has 1 atom stereocenters. The molecule has 1 aliphatic heterocycles. The Morgan fingerprint density at radius 1 is 1.14 bits per heavy atom. The summed E-state index contributed by atoms with van der Waals surface area (Å²) in [6, 6.07) is 0. The molecule has 0 radical (unpaired) electrons. The van der Waals surface area contributed by atoms with Gasteiger partial charge in [-0.25, -0.2) is 4.58 Å². The van der Waals surface area contributed by atoms with Crippen molar-refractivity contribution in [3.8, 4) is 0 Å². The van der Waals surface area contributed by atoms with Crippen LogP contribution in [0.25, 0.3) is 0 Å². The van der Waals surface area contributed by atoms with Crippen LogP contribution in [0, 0.1) is 5.92 Å². The second-order valence-corrected chi connectivity index (χ2v) is 6.64. The number of rotatable bonds is 3. The third-order valence-electron chi connectivity index (χ3n) is 5.27. The van der Waals surface area contributed by atoms with Crippen LogP contribution < -0.4 is 0 Å². The lowest BCUT2D eigenvalue weighted by atomic mass is 9.78. The zero-order valence-electron chi connectivity index (χ0n) is 13.3. The fourth-order valence-corrected chi connectivity index (χ4v) is 3.78. The number of carbonyl (C=O) groups is 1. The molecule has 0 saturated carbocycles. The number of nitrogens with zero attached hydrogens (tertiary/aromatic N) is 1. The molecule has 0 spiro atoms. The summed E-state index contributed by atoms with van der Waals surface area (Å²) in [6.45, 7) is 3.37. The average molecular weight is 284 g/mol. The van der Waals surface area contributed by atoms with Crippen LogP contribution in [0.3, 0.4) is 0 Å².